The maximum atomic E-state index is 12.2. The minimum Gasteiger partial charge on any atom is -0.309 e. The number of aromatic nitrogens is 6. The summed E-state index contributed by atoms with van der Waals surface area (Å²) in [5.74, 6) is 0.143. The van der Waals surface area contributed by atoms with Gasteiger partial charge in [0.05, 0.1) is 18.5 Å². The van der Waals surface area contributed by atoms with Gasteiger partial charge in [-0.1, -0.05) is 41.2 Å². The Labute approximate surface area is 212 Å². The van der Waals surface area contributed by atoms with Gasteiger partial charge in [-0.15, -0.1) is 15.3 Å². The quantitative estimate of drug-likeness (QED) is 0.298. The van der Waals surface area contributed by atoms with Crippen molar-refractivity contribution >= 4 is 34.1 Å². The minimum absolute atomic E-state index is 0.121. The van der Waals surface area contributed by atoms with Gasteiger partial charge >= 0.3 is 0 Å². The predicted octanol–water partition coefficient (Wildman–Crippen LogP) is 3.35. The number of nitrogens with one attached hydrogen (secondary N) is 2. The fourth-order valence-corrected chi connectivity index (χ4v) is 4.31. The van der Waals surface area contributed by atoms with E-state index in [1.807, 2.05) is 37.3 Å². The molecular formula is C25H26N8O2S. The van der Waals surface area contributed by atoms with E-state index in [0.29, 0.717) is 17.4 Å². The zero-order valence-electron chi connectivity index (χ0n) is 19.8. The lowest BCUT2D eigenvalue weighted by molar-refractivity contribution is -0.116. The summed E-state index contributed by atoms with van der Waals surface area (Å²) < 4.78 is 0. The van der Waals surface area contributed by atoms with Crippen molar-refractivity contribution in [3.05, 3.63) is 82.5 Å². The van der Waals surface area contributed by atoms with Gasteiger partial charge in [-0.05, 0) is 49.4 Å². The molecule has 0 aliphatic heterocycles. The molecule has 184 valence electrons. The Morgan fingerprint density at radius 3 is 2.39 bits per heavy atom. The van der Waals surface area contributed by atoms with Crippen molar-refractivity contribution in [2.75, 3.05) is 10.6 Å². The topological polar surface area (TPSA) is 136 Å². The van der Waals surface area contributed by atoms with Crippen LogP contribution in [0.4, 0.5) is 10.9 Å². The number of rotatable bonds is 11. The van der Waals surface area contributed by atoms with Crippen molar-refractivity contribution in [2.24, 2.45) is 0 Å². The molecule has 4 rings (SSSR count). The van der Waals surface area contributed by atoms with Crippen LogP contribution in [0.2, 0.25) is 0 Å². The molecule has 0 bridgehead atoms. The van der Waals surface area contributed by atoms with Gasteiger partial charge in [0.25, 0.3) is 0 Å². The SMILES string of the molecule is Cc1cccc(CC(=O)Nc2ccc(CCCCc3nnc(NC(=O)Cc4cncnc4)s3)nn2)c1. The van der Waals surface area contributed by atoms with E-state index in [1.54, 1.807) is 18.5 Å². The molecule has 3 heterocycles. The Balaban J connectivity index is 1.15. The van der Waals surface area contributed by atoms with Crippen LogP contribution in [0.1, 0.15) is 40.2 Å². The van der Waals surface area contributed by atoms with Gasteiger partial charge < -0.3 is 10.6 Å². The van der Waals surface area contributed by atoms with Crippen molar-refractivity contribution < 1.29 is 9.59 Å². The van der Waals surface area contributed by atoms with E-state index in [0.717, 1.165) is 53.1 Å². The van der Waals surface area contributed by atoms with E-state index in [9.17, 15) is 9.59 Å². The van der Waals surface area contributed by atoms with Crippen molar-refractivity contribution in [1.29, 1.82) is 0 Å². The molecule has 0 saturated carbocycles. The number of hydrogen-bond donors (Lipinski definition) is 2. The minimum atomic E-state index is -0.180. The first-order chi connectivity index (χ1) is 17.5. The van der Waals surface area contributed by atoms with Crippen LogP contribution in [0.25, 0.3) is 0 Å². The van der Waals surface area contributed by atoms with Gasteiger partial charge in [0.15, 0.2) is 5.82 Å². The second kappa shape index (κ2) is 12.5. The summed E-state index contributed by atoms with van der Waals surface area (Å²) in [6, 6.07) is 11.5. The van der Waals surface area contributed by atoms with Crippen molar-refractivity contribution in [3.63, 3.8) is 0 Å². The Hall–Kier alpha value is -4.12. The average molecular weight is 503 g/mol. The van der Waals surface area contributed by atoms with E-state index in [2.05, 4.69) is 41.0 Å². The largest absolute Gasteiger partial charge is 0.309 e. The molecule has 0 fully saturated rings. The predicted molar refractivity (Wildman–Crippen MR) is 136 cm³/mol. The number of hydrogen-bond acceptors (Lipinski definition) is 9. The molecule has 0 saturated heterocycles. The molecule has 10 nitrogen and oxygen atoms in total. The zero-order valence-corrected chi connectivity index (χ0v) is 20.7. The van der Waals surface area contributed by atoms with Gasteiger partial charge in [0, 0.05) is 18.8 Å². The summed E-state index contributed by atoms with van der Waals surface area (Å²) in [6.07, 6.45) is 8.47. The highest BCUT2D eigenvalue weighted by Crippen LogP contribution is 2.18. The highest BCUT2D eigenvalue weighted by atomic mass is 32.1. The van der Waals surface area contributed by atoms with Crippen molar-refractivity contribution in [2.45, 2.75) is 45.4 Å². The van der Waals surface area contributed by atoms with Crippen molar-refractivity contribution in [1.82, 2.24) is 30.4 Å². The molecule has 2 N–H and O–H groups in total. The molecule has 2 amide bonds. The number of benzene rings is 1. The molecule has 0 unspecified atom stereocenters. The molecule has 0 atom stereocenters. The number of unbranched alkanes of at least 4 members (excludes halogenated alkanes) is 1. The van der Waals surface area contributed by atoms with Crippen LogP contribution in [0.15, 0.2) is 55.1 Å². The fraction of sp³-hybridized carbons (Fsp3) is 0.280. The molecule has 0 radical (unpaired) electrons. The first-order valence-electron chi connectivity index (χ1n) is 11.6. The summed E-state index contributed by atoms with van der Waals surface area (Å²) in [4.78, 5) is 32.2. The van der Waals surface area contributed by atoms with E-state index >= 15 is 0 Å². The number of carbonyl (C=O) groups is 2. The molecule has 0 spiro atoms. The molecule has 11 heteroatoms. The molecule has 36 heavy (non-hydrogen) atoms. The van der Waals surface area contributed by atoms with Crippen molar-refractivity contribution in [3.8, 4) is 0 Å². The highest BCUT2D eigenvalue weighted by molar-refractivity contribution is 7.15. The summed E-state index contributed by atoms with van der Waals surface area (Å²) >= 11 is 1.37. The van der Waals surface area contributed by atoms with Crippen LogP contribution in [-0.2, 0) is 35.3 Å². The fourth-order valence-electron chi connectivity index (χ4n) is 3.51. The molecule has 1 aromatic carbocycles. The third-order valence-corrected chi connectivity index (χ3v) is 6.10. The molecule has 4 aromatic rings. The molecule has 0 aliphatic carbocycles. The monoisotopic (exact) mass is 502 g/mol. The summed E-state index contributed by atoms with van der Waals surface area (Å²) in [6.45, 7) is 2.00. The van der Waals surface area contributed by atoms with Gasteiger partial charge in [0.2, 0.25) is 16.9 Å². The second-order valence-corrected chi connectivity index (χ2v) is 9.37. The lowest BCUT2D eigenvalue weighted by Gasteiger charge is -2.05. The first-order valence-corrected chi connectivity index (χ1v) is 12.4. The van der Waals surface area contributed by atoms with Gasteiger partial charge in [-0.25, -0.2) is 9.97 Å². The van der Waals surface area contributed by atoms with Gasteiger partial charge in [0.1, 0.15) is 11.3 Å². The molecule has 3 aromatic heterocycles. The van der Waals surface area contributed by atoms with Crippen LogP contribution in [0.5, 0.6) is 0 Å². The molecule has 0 aliphatic rings. The third kappa shape index (κ3) is 7.98. The lowest BCUT2D eigenvalue weighted by atomic mass is 10.1. The smallest absolute Gasteiger partial charge is 0.230 e. The van der Waals surface area contributed by atoms with E-state index in [-0.39, 0.29) is 18.2 Å². The number of anilines is 2. The zero-order chi connectivity index (χ0) is 25.2. The summed E-state index contributed by atoms with van der Waals surface area (Å²) in [5.41, 5.74) is 3.68. The van der Waals surface area contributed by atoms with Crippen LogP contribution in [0.3, 0.4) is 0 Å². The number of aryl methyl sites for hydroxylation is 3. The normalized spacial score (nSPS) is 10.7. The van der Waals surface area contributed by atoms with Gasteiger partial charge in [-0.3, -0.25) is 9.59 Å². The van der Waals surface area contributed by atoms with Gasteiger partial charge in [-0.2, -0.15) is 5.10 Å². The number of amides is 2. The number of carbonyl (C=O) groups excluding carboxylic acids is 2. The number of nitrogens with zero attached hydrogens (tertiary/aromatic N) is 6. The third-order valence-electron chi connectivity index (χ3n) is 5.20. The maximum absolute atomic E-state index is 12.2. The van der Waals surface area contributed by atoms with Crippen LogP contribution >= 0.6 is 11.3 Å². The first kappa shape index (κ1) is 25.0. The van der Waals surface area contributed by atoms with E-state index in [1.165, 1.54) is 17.7 Å². The Morgan fingerprint density at radius 1 is 0.833 bits per heavy atom. The van der Waals surface area contributed by atoms with E-state index in [4.69, 9.17) is 0 Å². The average Bonchev–Trinajstić information content (AvgIpc) is 3.30. The van der Waals surface area contributed by atoms with Crippen LogP contribution in [0, 0.1) is 6.92 Å². The second-order valence-electron chi connectivity index (χ2n) is 8.30. The summed E-state index contributed by atoms with van der Waals surface area (Å²) in [5, 5.41) is 23.5. The Bertz CT molecular complexity index is 1290. The van der Waals surface area contributed by atoms with E-state index < -0.39 is 0 Å². The van der Waals surface area contributed by atoms with Crippen LogP contribution < -0.4 is 10.6 Å². The lowest BCUT2D eigenvalue weighted by Crippen LogP contribution is -2.16. The highest BCUT2D eigenvalue weighted by Gasteiger charge is 2.10. The maximum Gasteiger partial charge on any atom is 0.230 e. The summed E-state index contributed by atoms with van der Waals surface area (Å²) in [7, 11) is 0. The van der Waals surface area contributed by atoms with Crippen LogP contribution in [-0.4, -0.2) is 42.2 Å². The standard InChI is InChI=1S/C25H26N8O2S/c1-17-5-4-6-18(11-17)12-22(34)28-21-10-9-20(30-31-21)7-2-3-8-24-32-33-25(36-24)29-23(35)13-19-14-26-16-27-15-19/h4-6,9-11,14-16H,2-3,7-8,12-13H2,1H3,(H,28,31,34)(H,29,33,35). The Morgan fingerprint density at radius 2 is 1.61 bits per heavy atom. The Kier molecular flexibility index (Phi) is 8.71. The molecular weight excluding hydrogens is 476 g/mol.